The van der Waals surface area contributed by atoms with E-state index in [-0.39, 0.29) is 23.9 Å². The molecule has 0 spiro atoms. The third kappa shape index (κ3) is 2.47. The van der Waals surface area contributed by atoms with Crippen LogP contribution in [0.1, 0.15) is 5.56 Å². The summed E-state index contributed by atoms with van der Waals surface area (Å²) in [4.78, 5) is 8.28. The van der Waals surface area contributed by atoms with E-state index in [1.165, 1.54) is 14.2 Å². The van der Waals surface area contributed by atoms with E-state index >= 15 is 0 Å². The summed E-state index contributed by atoms with van der Waals surface area (Å²) >= 11 is 0. The van der Waals surface area contributed by atoms with Crippen molar-refractivity contribution in [1.29, 1.82) is 5.26 Å². The molecule has 0 aliphatic heterocycles. The Kier molecular flexibility index (Phi) is 4.01. The standard InChI is InChI=1S/C14H13N3O3/c1-19-13-11(18)14(20-2)17-12(16-13)10-6-4-3-5-9(10)7-8-15/h3-6,18H,7H2,1-2H3. The summed E-state index contributed by atoms with van der Waals surface area (Å²) in [7, 11) is 2.79. The van der Waals surface area contributed by atoms with Crippen LogP contribution in [0.25, 0.3) is 11.4 Å². The third-order valence-corrected chi connectivity index (χ3v) is 2.73. The molecule has 1 aromatic carbocycles. The zero-order valence-corrected chi connectivity index (χ0v) is 11.1. The monoisotopic (exact) mass is 271 g/mol. The quantitative estimate of drug-likeness (QED) is 0.914. The Balaban J connectivity index is 2.61. The van der Waals surface area contributed by atoms with E-state index in [4.69, 9.17) is 14.7 Å². The number of nitriles is 1. The molecule has 0 bridgehead atoms. The van der Waals surface area contributed by atoms with Gasteiger partial charge in [-0.2, -0.15) is 15.2 Å². The van der Waals surface area contributed by atoms with Crippen molar-refractivity contribution in [2.45, 2.75) is 6.42 Å². The number of nitrogens with zero attached hydrogens (tertiary/aromatic N) is 3. The van der Waals surface area contributed by atoms with Crippen LogP contribution in [0, 0.1) is 11.3 Å². The highest BCUT2D eigenvalue weighted by Gasteiger charge is 2.17. The Hall–Kier alpha value is -2.81. The van der Waals surface area contributed by atoms with Gasteiger partial charge in [-0.15, -0.1) is 0 Å². The van der Waals surface area contributed by atoms with Gasteiger partial charge in [-0.25, -0.2) is 0 Å². The molecule has 0 amide bonds. The van der Waals surface area contributed by atoms with Crippen LogP contribution in [0.3, 0.4) is 0 Å². The molecule has 20 heavy (non-hydrogen) atoms. The highest BCUT2D eigenvalue weighted by Crippen LogP contribution is 2.35. The summed E-state index contributed by atoms with van der Waals surface area (Å²) in [5, 5.41) is 18.7. The fraction of sp³-hybridized carbons (Fsp3) is 0.214. The first kappa shape index (κ1) is 13.6. The van der Waals surface area contributed by atoms with Gasteiger partial charge < -0.3 is 14.6 Å². The molecule has 1 aromatic heterocycles. The second-order valence-corrected chi connectivity index (χ2v) is 3.91. The summed E-state index contributed by atoms with van der Waals surface area (Å²) < 4.78 is 10.0. The highest BCUT2D eigenvalue weighted by atomic mass is 16.5. The third-order valence-electron chi connectivity index (χ3n) is 2.73. The zero-order valence-electron chi connectivity index (χ0n) is 11.1. The topological polar surface area (TPSA) is 88.3 Å². The first-order valence-electron chi connectivity index (χ1n) is 5.85. The highest BCUT2D eigenvalue weighted by molar-refractivity contribution is 5.63. The Bertz CT molecular complexity index is 640. The number of ether oxygens (including phenoxy) is 2. The molecule has 1 N–H and O–H groups in total. The molecule has 2 rings (SSSR count). The molecule has 6 heteroatoms. The molecule has 2 aromatic rings. The lowest BCUT2D eigenvalue weighted by atomic mass is 10.0. The number of aromatic hydroxyl groups is 1. The minimum atomic E-state index is -0.253. The maximum Gasteiger partial charge on any atom is 0.264 e. The lowest BCUT2D eigenvalue weighted by Crippen LogP contribution is -2.00. The summed E-state index contributed by atoms with van der Waals surface area (Å²) in [6, 6.07) is 9.39. The minimum absolute atomic E-state index is 0.0265. The molecule has 0 aliphatic rings. The molecule has 0 radical (unpaired) electrons. The number of hydrogen-bond donors (Lipinski definition) is 1. The molecule has 1 heterocycles. The summed E-state index contributed by atoms with van der Waals surface area (Å²) in [5.74, 6) is 0.135. The molecule has 0 saturated heterocycles. The second-order valence-electron chi connectivity index (χ2n) is 3.91. The number of benzene rings is 1. The lowest BCUT2D eigenvalue weighted by molar-refractivity contribution is 0.321. The van der Waals surface area contributed by atoms with E-state index < -0.39 is 0 Å². The Morgan fingerprint density at radius 1 is 1.15 bits per heavy atom. The van der Waals surface area contributed by atoms with Gasteiger partial charge in [0.2, 0.25) is 5.75 Å². The predicted octanol–water partition coefficient (Wildman–Crippen LogP) is 1.93. The number of hydrogen-bond acceptors (Lipinski definition) is 6. The van der Waals surface area contributed by atoms with Gasteiger partial charge in [0.15, 0.2) is 5.82 Å². The minimum Gasteiger partial charge on any atom is -0.499 e. The van der Waals surface area contributed by atoms with Crippen molar-refractivity contribution in [2.24, 2.45) is 0 Å². The van der Waals surface area contributed by atoms with Gasteiger partial charge in [0.05, 0.1) is 26.7 Å². The van der Waals surface area contributed by atoms with Crippen molar-refractivity contribution in [3.63, 3.8) is 0 Å². The van der Waals surface area contributed by atoms with Crippen LogP contribution in [0.15, 0.2) is 24.3 Å². The zero-order chi connectivity index (χ0) is 14.5. The maximum absolute atomic E-state index is 9.81. The maximum atomic E-state index is 9.81. The fourth-order valence-corrected chi connectivity index (χ4v) is 1.80. The number of rotatable bonds is 4. The van der Waals surface area contributed by atoms with Crippen LogP contribution in [0.2, 0.25) is 0 Å². The van der Waals surface area contributed by atoms with Gasteiger partial charge in [-0.1, -0.05) is 24.3 Å². The van der Waals surface area contributed by atoms with Crippen molar-refractivity contribution in [3.8, 4) is 35.0 Å². The van der Waals surface area contributed by atoms with Gasteiger partial charge in [-0.3, -0.25) is 0 Å². The Morgan fingerprint density at radius 3 is 2.30 bits per heavy atom. The van der Waals surface area contributed by atoms with Crippen molar-refractivity contribution in [2.75, 3.05) is 14.2 Å². The van der Waals surface area contributed by atoms with Crippen LogP contribution in [0.5, 0.6) is 17.5 Å². The van der Waals surface area contributed by atoms with Gasteiger partial charge in [0, 0.05) is 5.56 Å². The number of methoxy groups -OCH3 is 2. The first-order chi connectivity index (χ1) is 9.71. The smallest absolute Gasteiger partial charge is 0.264 e. The molecular weight excluding hydrogens is 258 g/mol. The van der Waals surface area contributed by atoms with E-state index in [9.17, 15) is 5.11 Å². The number of aromatic nitrogens is 2. The van der Waals surface area contributed by atoms with E-state index in [1.54, 1.807) is 6.07 Å². The molecule has 102 valence electrons. The van der Waals surface area contributed by atoms with E-state index in [2.05, 4.69) is 16.0 Å². The largest absolute Gasteiger partial charge is 0.499 e. The van der Waals surface area contributed by atoms with E-state index in [0.717, 1.165) is 5.56 Å². The summed E-state index contributed by atoms with van der Waals surface area (Å²) in [6.45, 7) is 0. The molecule has 0 atom stereocenters. The summed E-state index contributed by atoms with van der Waals surface area (Å²) in [5.41, 5.74) is 1.50. The SMILES string of the molecule is COc1nc(-c2ccccc2CC#N)nc(OC)c1O. The molecule has 6 nitrogen and oxygen atoms in total. The normalized spacial score (nSPS) is 9.85. The summed E-state index contributed by atoms with van der Waals surface area (Å²) in [6.07, 6.45) is 0.241. The Labute approximate surface area is 116 Å². The molecule has 0 aliphatic carbocycles. The molecule has 0 unspecified atom stereocenters. The van der Waals surface area contributed by atoms with Gasteiger partial charge in [-0.05, 0) is 5.56 Å². The van der Waals surface area contributed by atoms with E-state index in [1.807, 2.05) is 18.2 Å². The molecular formula is C14H13N3O3. The van der Waals surface area contributed by atoms with Crippen LogP contribution in [-0.2, 0) is 6.42 Å². The van der Waals surface area contributed by atoms with Crippen LogP contribution in [-0.4, -0.2) is 29.3 Å². The van der Waals surface area contributed by atoms with Crippen LogP contribution in [0.4, 0.5) is 0 Å². The molecule has 0 saturated carbocycles. The molecule has 0 fully saturated rings. The van der Waals surface area contributed by atoms with Gasteiger partial charge >= 0.3 is 0 Å². The average molecular weight is 271 g/mol. The van der Waals surface area contributed by atoms with Crippen molar-refractivity contribution >= 4 is 0 Å². The van der Waals surface area contributed by atoms with Gasteiger partial charge in [0.1, 0.15) is 0 Å². The Morgan fingerprint density at radius 2 is 1.75 bits per heavy atom. The fourth-order valence-electron chi connectivity index (χ4n) is 1.80. The van der Waals surface area contributed by atoms with Crippen molar-refractivity contribution < 1.29 is 14.6 Å². The van der Waals surface area contributed by atoms with Crippen molar-refractivity contribution in [1.82, 2.24) is 9.97 Å². The van der Waals surface area contributed by atoms with Crippen LogP contribution >= 0.6 is 0 Å². The lowest BCUT2D eigenvalue weighted by Gasteiger charge is -2.10. The van der Waals surface area contributed by atoms with Gasteiger partial charge in [0.25, 0.3) is 11.8 Å². The van der Waals surface area contributed by atoms with Crippen LogP contribution < -0.4 is 9.47 Å². The van der Waals surface area contributed by atoms with Crippen molar-refractivity contribution in [3.05, 3.63) is 29.8 Å². The predicted molar refractivity (Wildman–Crippen MR) is 71.6 cm³/mol. The van der Waals surface area contributed by atoms with E-state index in [0.29, 0.717) is 11.4 Å². The second kappa shape index (κ2) is 5.89. The first-order valence-corrected chi connectivity index (χ1v) is 5.85. The average Bonchev–Trinajstić information content (AvgIpc) is 2.48.